The topological polar surface area (TPSA) is 60.4 Å². The van der Waals surface area contributed by atoms with Gasteiger partial charge in [0.2, 0.25) is 0 Å². The minimum Gasteiger partial charge on any atom is -0.460 e. The van der Waals surface area contributed by atoms with Gasteiger partial charge in [0.05, 0.1) is 10.6 Å². The molecule has 0 bridgehead atoms. The van der Waals surface area contributed by atoms with Crippen molar-refractivity contribution in [2.45, 2.75) is 57.5 Å². The van der Waals surface area contributed by atoms with Crippen molar-refractivity contribution in [2.75, 3.05) is 5.75 Å². The van der Waals surface area contributed by atoms with E-state index in [0.29, 0.717) is 24.2 Å². The summed E-state index contributed by atoms with van der Waals surface area (Å²) in [5, 5.41) is 0. The largest absolute Gasteiger partial charge is 0.460 e. The zero-order valence-electron chi connectivity index (χ0n) is 13.8. The second kappa shape index (κ2) is 7.77. The van der Waals surface area contributed by atoms with Gasteiger partial charge >= 0.3 is 5.97 Å². The van der Waals surface area contributed by atoms with Crippen LogP contribution in [-0.2, 0) is 19.4 Å². The smallest absolute Gasteiger partial charge is 0.306 e. The van der Waals surface area contributed by atoms with E-state index in [2.05, 4.69) is 0 Å². The van der Waals surface area contributed by atoms with Crippen LogP contribution in [0, 0.1) is 5.92 Å². The van der Waals surface area contributed by atoms with Gasteiger partial charge < -0.3 is 4.74 Å². The van der Waals surface area contributed by atoms with Crippen LogP contribution in [0.15, 0.2) is 35.2 Å². The lowest BCUT2D eigenvalue weighted by Crippen LogP contribution is -2.24. The molecule has 5 heteroatoms. The molecule has 1 unspecified atom stereocenters. The zero-order chi connectivity index (χ0) is 16.8. The Morgan fingerprint density at radius 2 is 1.73 bits per heavy atom. The van der Waals surface area contributed by atoms with Crippen molar-refractivity contribution in [3.8, 4) is 0 Å². The fourth-order valence-corrected chi connectivity index (χ4v) is 3.52. The lowest BCUT2D eigenvalue weighted by atomic mass is 10.0. The molecule has 1 rings (SSSR count). The Bertz CT molecular complexity index is 570. The Morgan fingerprint density at radius 1 is 1.14 bits per heavy atom. The van der Waals surface area contributed by atoms with Gasteiger partial charge in [-0.2, -0.15) is 0 Å². The maximum absolute atomic E-state index is 12.2. The van der Waals surface area contributed by atoms with Gasteiger partial charge in [0.25, 0.3) is 0 Å². The van der Waals surface area contributed by atoms with Crippen molar-refractivity contribution in [2.24, 2.45) is 5.92 Å². The fraction of sp³-hybridized carbons (Fsp3) is 0.588. The van der Waals surface area contributed by atoms with Gasteiger partial charge in [-0.3, -0.25) is 4.79 Å². The lowest BCUT2D eigenvalue weighted by molar-refractivity contribution is -0.155. The van der Waals surface area contributed by atoms with E-state index in [9.17, 15) is 13.2 Å². The first kappa shape index (κ1) is 18.7. The second-order valence-electron chi connectivity index (χ2n) is 6.65. The molecule has 1 atom stereocenters. The van der Waals surface area contributed by atoms with E-state index < -0.39 is 15.4 Å². The monoisotopic (exact) mass is 326 g/mol. The van der Waals surface area contributed by atoms with Crippen molar-refractivity contribution < 1.29 is 17.9 Å². The molecule has 0 saturated heterocycles. The highest BCUT2D eigenvalue weighted by molar-refractivity contribution is 7.91. The number of carbonyl (C=O) groups is 1. The normalized spacial score (nSPS) is 13.6. The minimum atomic E-state index is -3.24. The molecule has 0 radical (unpaired) electrons. The Hall–Kier alpha value is -1.36. The van der Waals surface area contributed by atoms with E-state index in [4.69, 9.17) is 4.74 Å². The number of ether oxygens (including phenoxy) is 1. The van der Waals surface area contributed by atoms with Gasteiger partial charge in [-0.15, -0.1) is 0 Å². The quantitative estimate of drug-likeness (QED) is 0.718. The van der Waals surface area contributed by atoms with Gasteiger partial charge in [-0.1, -0.05) is 25.1 Å². The van der Waals surface area contributed by atoms with E-state index in [0.717, 1.165) is 0 Å². The molecular formula is C17H26O4S. The van der Waals surface area contributed by atoms with E-state index >= 15 is 0 Å². The maximum Gasteiger partial charge on any atom is 0.306 e. The van der Waals surface area contributed by atoms with Crippen LogP contribution in [0.3, 0.4) is 0 Å². The van der Waals surface area contributed by atoms with Crippen molar-refractivity contribution in [3.63, 3.8) is 0 Å². The van der Waals surface area contributed by atoms with Gasteiger partial charge in [0.1, 0.15) is 5.60 Å². The van der Waals surface area contributed by atoms with Crippen molar-refractivity contribution in [1.82, 2.24) is 0 Å². The standard InChI is InChI=1S/C17H26O4S/c1-14(10-11-16(18)21-17(2,3)4)12-13-22(19,20)15-8-6-5-7-9-15/h5-9,14H,10-13H2,1-4H3. The average Bonchev–Trinajstić information content (AvgIpc) is 2.42. The SMILES string of the molecule is CC(CCC(=O)OC(C)(C)C)CCS(=O)(=O)c1ccccc1. The molecular weight excluding hydrogens is 300 g/mol. The Labute approximate surface area is 133 Å². The van der Waals surface area contributed by atoms with E-state index in [-0.39, 0.29) is 17.6 Å². The second-order valence-corrected chi connectivity index (χ2v) is 8.76. The molecule has 0 aliphatic rings. The summed E-state index contributed by atoms with van der Waals surface area (Å²) >= 11 is 0. The summed E-state index contributed by atoms with van der Waals surface area (Å²) in [6.45, 7) is 7.47. The molecule has 0 N–H and O–H groups in total. The van der Waals surface area contributed by atoms with Crippen LogP contribution >= 0.6 is 0 Å². The minimum absolute atomic E-state index is 0.104. The highest BCUT2D eigenvalue weighted by Gasteiger charge is 2.19. The van der Waals surface area contributed by atoms with Crippen molar-refractivity contribution >= 4 is 15.8 Å². The van der Waals surface area contributed by atoms with Gasteiger partial charge in [0, 0.05) is 6.42 Å². The summed E-state index contributed by atoms with van der Waals surface area (Å²) in [5.41, 5.74) is -0.475. The first-order valence-corrected chi connectivity index (χ1v) is 9.25. The lowest BCUT2D eigenvalue weighted by Gasteiger charge is -2.20. The highest BCUT2D eigenvalue weighted by atomic mass is 32.2. The first-order chi connectivity index (χ1) is 10.1. The first-order valence-electron chi connectivity index (χ1n) is 7.60. The third-order valence-electron chi connectivity index (χ3n) is 3.24. The molecule has 0 fully saturated rings. The molecule has 0 aromatic heterocycles. The fourth-order valence-electron chi connectivity index (χ4n) is 2.00. The molecule has 1 aromatic carbocycles. The highest BCUT2D eigenvalue weighted by Crippen LogP contribution is 2.18. The summed E-state index contributed by atoms with van der Waals surface area (Å²) in [6.07, 6.45) is 1.50. The van der Waals surface area contributed by atoms with Crippen LogP contribution in [0.1, 0.15) is 47.0 Å². The molecule has 0 heterocycles. The third-order valence-corrected chi connectivity index (χ3v) is 5.01. The number of esters is 1. The van der Waals surface area contributed by atoms with Crippen LogP contribution in [0.5, 0.6) is 0 Å². The molecule has 124 valence electrons. The Kier molecular flexibility index (Phi) is 6.60. The van der Waals surface area contributed by atoms with Crippen molar-refractivity contribution in [1.29, 1.82) is 0 Å². The van der Waals surface area contributed by atoms with E-state index in [1.54, 1.807) is 30.3 Å². The van der Waals surface area contributed by atoms with Crippen LogP contribution in [-0.4, -0.2) is 25.7 Å². The zero-order valence-corrected chi connectivity index (χ0v) is 14.7. The van der Waals surface area contributed by atoms with Gasteiger partial charge in [-0.05, 0) is 51.7 Å². The molecule has 1 aromatic rings. The molecule has 0 spiro atoms. The maximum atomic E-state index is 12.2. The van der Waals surface area contributed by atoms with Crippen LogP contribution < -0.4 is 0 Å². The molecule has 0 aliphatic carbocycles. The van der Waals surface area contributed by atoms with Gasteiger partial charge in [0.15, 0.2) is 9.84 Å². The number of rotatable bonds is 7. The third kappa shape index (κ3) is 7.07. The summed E-state index contributed by atoms with van der Waals surface area (Å²) in [7, 11) is -3.24. The van der Waals surface area contributed by atoms with Crippen molar-refractivity contribution in [3.05, 3.63) is 30.3 Å². The van der Waals surface area contributed by atoms with Gasteiger partial charge in [-0.25, -0.2) is 8.42 Å². The average molecular weight is 326 g/mol. The predicted molar refractivity (Wildman–Crippen MR) is 87.4 cm³/mol. The number of benzene rings is 1. The number of carbonyl (C=O) groups excluding carboxylic acids is 1. The molecule has 0 amide bonds. The van der Waals surface area contributed by atoms with Crippen LogP contribution in [0.25, 0.3) is 0 Å². The summed E-state index contributed by atoms with van der Waals surface area (Å²) in [6, 6.07) is 8.46. The Morgan fingerprint density at radius 3 is 2.27 bits per heavy atom. The number of hydrogen-bond donors (Lipinski definition) is 0. The summed E-state index contributed by atoms with van der Waals surface area (Å²) < 4.78 is 29.6. The van der Waals surface area contributed by atoms with E-state index in [1.807, 2.05) is 27.7 Å². The number of hydrogen-bond acceptors (Lipinski definition) is 4. The molecule has 22 heavy (non-hydrogen) atoms. The molecule has 4 nitrogen and oxygen atoms in total. The predicted octanol–water partition coefficient (Wildman–Crippen LogP) is 3.61. The van der Waals surface area contributed by atoms with Crippen LogP contribution in [0.2, 0.25) is 0 Å². The Balaban J connectivity index is 2.40. The molecule has 0 saturated carbocycles. The molecule has 0 aliphatic heterocycles. The summed E-state index contributed by atoms with van der Waals surface area (Å²) in [4.78, 5) is 12.0. The number of sulfone groups is 1. The van der Waals surface area contributed by atoms with Crippen LogP contribution in [0.4, 0.5) is 0 Å². The summed E-state index contributed by atoms with van der Waals surface area (Å²) in [5.74, 6) is 0.0308. The van der Waals surface area contributed by atoms with E-state index in [1.165, 1.54) is 0 Å².